The highest BCUT2D eigenvalue weighted by Crippen LogP contribution is 2.64. The van der Waals surface area contributed by atoms with Crippen LogP contribution in [0.2, 0.25) is 0 Å². The Bertz CT molecular complexity index is 5020. The zero-order chi connectivity index (χ0) is 61.1. The molecule has 0 N–H and O–H groups in total. The normalized spacial score (nSPS) is 14.9. The van der Waals surface area contributed by atoms with Gasteiger partial charge in [0.1, 0.15) is 0 Å². The maximum Gasteiger partial charge on any atom is 0.252 e. The molecular weight excluding hydrogens is 1050 g/mol. The van der Waals surface area contributed by atoms with E-state index < -0.39 is 5.41 Å². The topological polar surface area (TPSA) is 9.86 Å². The lowest BCUT2D eigenvalue weighted by molar-refractivity contribution is 0.583. The zero-order valence-corrected chi connectivity index (χ0v) is 55.0. The van der Waals surface area contributed by atoms with Gasteiger partial charge in [-0.1, -0.05) is 252 Å². The van der Waals surface area contributed by atoms with E-state index >= 15 is 0 Å². The maximum atomic E-state index is 2.85. The molecule has 432 valence electrons. The van der Waals surface area contributed by atoms with Crippen LogP contribution in [-0.2, 0) is 37.9 Å². The van der Waals surface area contributed by atoms with Crippen molar-refractivity contribution in [3.8, 4) is 44.8 Å². The van der Waals surface area contributed by atoms with Crippen molar-refractivity contribution < 1.29 is 0 Å². The first-order valence-corrected chi connectivity index (χ1v) is 32.3. The third-order valence-corrected chi connectivity index (χ3v) is 21.3. The molecular formula is C84H83BN2. The largest absolute Gasteiger partial charge is 0.310 e. The monoisotopic (exact) mass is 1130 g/mol. The van der Waals surface area contributed by atoms with E-state index in [1.807, 2.05) is 0 Å². The van der Waals surface area contributed by atoms with Gasteiger partial charge in [-0.25, -0.2) is 0 Å². The summed E-state index contributed by atoms with van der Waals surface area (Å²) in [6.07, 6.45) is 0. The highest BCUT2D eigenvalue weighted by Gasteiger charge is 2.56. The second kappa shape index (κ2) is 17.0. The van der Waals surface area contributed by atoms with Crippen molar-refractivity contribution in [1.29, 1.82) is 0 Å². The van der Waals surface area contributed by atoms with Crippen LogP contribution >= 0.6 is 0 Å². The predicted octanol–water partition coefficient (Wildman–Crippen LogP) is 20.3. The summed E-state index contributed by atoms with van der Waals surface area (Å²) in [5, 5.41) is 7.93. The standard InChI is InChI=1S/C84H83BN2/c1-46-24-26-47(27-25-46)54-33-34-57(56-23-21-20-22-55(54)56)64-45-68-77-72-76(64)86-71-35-30-48(78(2,3)4)36-60(71)61-38-52(82(14,15)16)43-69(74(61)86)85(72)70-44-53(83(17,18)19)39-63-62-37-51(81(11,12)13)42-67(73(62)87(77)75(63)70)84(68)65-40-49(79(5,6)7)28-31-58(65)59-32-29-50(41-66(59)84)80(8,9)10/h20-45H,1-19H3. The smallest absolute Gasteiger partial charge is 0.252 e. The molecule has 0 radical (unpaired) electrons. The van der Waals surface area contributed by atoms with Gasteiger partial charge in [0.15, 0.2) is 0 Å². The Balaban J connectivity index is 1.22. The van der Waals surface area contributed by atoms with Crippen LogP contribution in [0.15, 0.2) is 158 Å². The summed E-state index contributed by atoms with van der Waals surface area (Å²) >= 11 is 0. The average Bonchev–Trinajstić information content (AvgIpc) is 1.54. The van der Waals surface area contributed by atoms with Crippen molar-refractivity contribution in [1.82, 2.24) is 9.13 Å². The summed E-state index contributed by atoms with van der Waals surface area (Å²) in [6.45, 7) is 45.5. The number of fused-ring (bicyclic) bond motifs is 15. The van der Waals surface area contributed by atoms with Crippen LogP contribution in [0.1, 0.15) is 186 Å². The van der Waals surface area contributed by atoms with E-state index in [0.29, 0.717) is 0 Å². The maximum absolute atomic E-state index is 2.85. The molecule has 0 atom stereocenters. The third-order valence-electron chi connectivity index (χ3n) is 21.3. The van der Waals surface area contributed by atoms with E-state index in [4.69, 9.17) is 0 Å². The Morgan fingerprint density at radius 2 is 0.736 bits per heavy atom. The number of hydrogen-bond acceptors (Lipinski definition) is 0. The Kier molecular flexibility index (Phi) is 10.7. The predicted molar refractivity (Wildman–Crippen MR) is 376 cm³/mol. The molecule has 0 saturated heterocycles. The zero-order valence-electron chi connectivity index (χ0n) is 55.0. The second-order valence-electron chi connectivity index (χ2n) is 33.1. The lowest BCUT2D eigenvalue weighted by Gasteiger charge is -2.45. The Labute approximate surface area is 516 Å². The number of aromatic nitrogens is 2. The van der Waals surface area contributed by atoms with Crippen LogP contribution in [0.5, 0.6) is 0 Å². The van der Waals surface area contributed by atoms with Crippen LogP contribution in [0.3, 0.4) is 0 Å². The van der Waals surface area contributed by atoms with Crippen molar-refractivity contribution in [2.24, 2.45) is 0 Å². The molecule has 5 heterocycles. The number of hydrogen-bond donors (Lipinski definition) is 0. The van der Waals surface area contributed by atoms with E-state index in [1.165, 1.54) is 177 Å². The summed E-state index contributed by atoms with van der Waals surface area (Å²) in [6, 6.07) is 64.8. The molecule has 1 aliphatic carbocycles. The fourth-order valence-electron chi connectivity index (χ4n) is 16.3. The first kappa shape index (κ1) is 54.5. The number of benzene rings is 10. The van der Waals surface area contributed by atoms with Gasteiger partial charge < -0.3 is 9.13 Å². The van der Waals surface area contributed by atoms with Gasteiger partial charge in [0.05, 0.1) is 22.1 Å². The molecule has 12 aromatic rings. The summed E-state index contributed by atoms with van der Waals surface area (Å²) in [5.74, 6) is 0. The molecule has 4 aliphatic rings. The highest BCUT2D eigenvalue weighted by molar-refractivity contribution is 7.00. The fraction of sp³-hybridized carbons (Fsp3) is 0.310. The number of aryl methyl sites for hydroxylation is 1. The average molecular weight is 1130 g/mol. The van der Waals surface area contributed by atoms with Gasteiger partial charge in [0, 0.05) is 43.8 Å². The molecule has 2 nitrogen and oxygen atoms in total. The second-order valence-corrected chi connectivity index (χ2v) is 33.1. The van der Waals surface area contributed by atoms with E-state index in [1.54, 1.807) is 0 Å². The van der Waals surface area contributed by atoms with Gasteiger partial charge in [-0.3, -0.25) is 0 Å². The minimum absolute atomic E-state index is 0.0466. The van der Waals surface area contributed by atoms with Gasteiger partial charge in [0.25, 0.3) is 6.71 Å². The molecule has 3 heteroatoms. The van der Waals surface area contributed by atoms with Crippen LogP contribution < -0.4 is 16.4 Å². The third kappa shape index (κ3) is 7.29. The van der Waals surface area contributed by atoms with E-state index in [0.717, 1.165) is 0 Å². The first-order chi connectivity index (χ1) is 40.8. The van der Waals surface area contributed by atoms with Crippen molar-refractivity contribution >= 4 is 77.5 Å². The van der Waals surface area contributed by atoms with Gasteiger partial charge >= 0.3 is 0 Å². The fourth-order valence-corrected chi connectivity index (χ4v) is 16.3. The molecule has 0 fully saturated rings. The Morgan fingerprint density at radius 1 is 0.310 bits per heavy atom. The molecule has 2 aromatic heterocycles. The summed E-state index contributed by atoms with van der Waals surface area (Å²) < 4.78 is 5.64. The number of rotatable bonds is 2. The van der Waals surface area contributed by atoms with Crippen LogP contribution in [0.4, 0.5) is 0 Å². The van der Waals surface area contributed by atoms with Crippen molar-refractivity contribution in [3.05, 3.63) is 219 Å². The lowest BCUT2D eigenvalue weighted by atomic mass is 9.33. The van der Waals surface area contributed by atoms with E-state index in [2.05, 4.69) is 298 Å². The Hall–Kier alpha value is -7.88. The van der Waals surface area contributed by atoms with Crippen LogP contribution in [0.25, 0.3) is 99.1 Å². The molecule has 10 aromatic carbocycles. The quantitative estimate of drug-likeness (QED) is 0.153. The molecule has 87 heavy (non-hydrogen) atoms. The summed E-state index contributed by atoms with van der Waals surface area (Å²) in [7, 11) is 0. The SMILES string of the molecule is Cc1ccc(-c2ccc(-c3cc4c5c6c3-n3c7ccc(C(C)(C)C)cc7c7cc(C(C)(C)C)cc(c73)B6c3cc(C(C)(C)C)cc6c7cc(C(C)(C)C)cc(c7n-5c36)C43c4cc(C(C)(C)C)ccc4-c4ccc(C(C)(C)C)cc43)c3ccccc23)cc1. The van der Waals surface area contributed by atoms with Crippen LogP contribution in [-0.4, -0.2) is 15.8 Å². The first-order valence-electron chi connectivity index (χ1n) is 32.3. The Morgan fingerprint density at radius 3 is 1.28 bits per heavy atom. The molecule has 0 amide bonds. The molecule has 0 unspecified atom stereocenters. The molecule has 0 bridgehead atoms. The van der Waals surface area contributed by atoms with Gasteiger partial charge in [-0.05, 0) is 186 Å². The molecule has 16 rings (SSSR count). The van der Waals surface area contributed by atoms with Gasteiger partial charge in [-0.15, -0.1) is 0 Å². The van der Waals surface area contributed by atoms with Crippen molar-refractivity contribution in [3.63, 3.8) is 0 Å². The molecule has 3 aliphatic heterocycles. The van der Waals surface area contributed by atoms with E-state index in [-0.39, 0.29) is 39.2 Å². The minimum Gasteiger partial charge on any atom is -0.310 e. The van der Waals surface area contributed by atoms with Crippen molar-refractivity contribution in [2.75, 3.05) is 0 Å². The molecule has 0 saturated carbocycles. The summed E-state index contributed by atoms with van der Waals surface area (Å²) in [4.78, 5) is 0. The molecule has 1 spiro atoms. The summed E-state index contributed by atoms with van der Waals surface area (Å²) in [5.41, 5.74) is 33.6. The number of nitrogens with zero attached hydrogens (tertiary/aromatic N) is 2. The van der Waals surface area contributed by atoms with Crippen LogP contribution in [0, 0.1) is 6.92 Å². The van der Waals surface area contributed by atoms with Crippen molar-refractivity contribution in [2.45, 2.75) is 169 Å². The van der Waals surface area contributed by atoms with Gasteiger partial charge in [-0.2, -0.15) is 0 Å². The van der Waals surface area contributed by atoms with E-state index in [9.17, 15) is 0 Å². The van der Waals surface area contributed by atoms with Gasteiger partial charge in [0.2, 0.25) is 0 Å². The highest BCUT2D eigenvalue weighted by atomic mass is 15.1. The lowest BCUT2D eigenvalue weighted by Crippen LogP contribution is -2.61. The minimum atomic E-state index is -0.730.